The third-order valence-electron chi connectivity index (χ3n) is 1.67. The van der Waals surface area contributed by atoms with Gasteiger partial charge in [-0.1, -0.05) is 6.08 Å². The number of nitrogen functional groups attached to an aromatic ring is 1. The van der Waals surface area contributed by atoms with Crippen molar-refractivity contribution in [2.75, 3.05) is 18.8 Å². The lowest BCUT2D eigenvalue weighted by Crippen LogP contribution is -2.36. The minimum Gasteiger partial charge on any atom is -0.480 e. The second-order valence-corrected chi connectivity index (χ2v) is 2.91. The Morgan fingerprint density at radius 2 is 2.31 bits per heavy atom. The molecular weight excluding hydrogens is 214 g/mol. The molecule has 0 aliphatic carbocycles. The summed E-state index contributed by atoms with van der Waals surface area (Å²) in [5.74, 6) is -1.88. The van der Waals surface area contributed by atoms with Crippen LogP contribution in [0.4, 0.5) is 5.95 Å². The molecule has 1 aromatic heterocycles. The second-order valence-electron chi connectivity index (χ2n) is 2.91. The van der Waals surface area contributed by atoms with Crippen molar-refractivity contribution >= 4 is 17.8 Å². The molecule has 0 fully saturated rings. The van der Waals surface area contributed by atoms with Gasteiger partial charge >= 0.3 is 5.97 Å². The van der Waals surface area contributed by atoms with Crippen molar-refractivity contribution in [3.63, 3.8) is 0 Å². The number of amides is 1. The van der Waals surface area contributed by atoms with E-state index >= 15 is 0 Å². The maximum atomic E-state index is 11.7. The number of aromatic amines is 1. The summed E-state index contributed by atoms with van der Waals surface area (Å²) in [4.78, 5) is 26.9. The first-order valence-corrected chi connectivity index (χ1v) is 4.34. The summed E-state index contributed by atoms with van der Waals surface area (Å²) in [7, 11) is 0. The smallest absolute Gasteiger partial charge is 0.323 e. The normalized spacial score (nSPS) is 9.75. The van der Waals surface area contributed by atoms with Crippen LogP contribution in [-0.2, 0) is 4.79 Å². The predicted molar refractivity (Wildman–Crippen MR) is 54.5 cm³/mol. The van der Waals surface area contributed by atoms with Gasteiger partial charge < -0.3 is 15.7 Å². The fraction of sp³-hybridized carbons (Fsp3) is 0.250. The minimum absolute atomic E-state index is 0.0720. The number of carboxylic acids is 1. The highest BCUT2D eigenvalue weighted by Gasteiger charge is 2.20. The molecule has 0 bridgehead atoms. The summed E-state index contributed by atoms with van der Waals surface area (Å²) in [6.07, 6.45) is 1.42. The average molecular weight is 225 g/mol. The largest absolute Gasteiger partial charge is 0.480 e. The quantitative estimate of drug-likeness (QED) is 0.557. The molecule has 86 valence electrons. The highest BCUT2D eigenvalue weighted by molar-refractivity contribution is 5.92. The molecule has 4 N–H and O–H groups in total. The fourth-order valence-electron chi connectivity index (χ4n) is 1.06. The summed E-state index contributed by atoms with van der Waals surface area (Å²) in [5.41, 5.74) is 5.23. The van der Waals surface area contributed by atoms with Crippen LogP contribution in [-0.4, -0.2) is 50.2 Å². The van der Waals surface area contributed by atoms with Gasteiger partial charge in [-0.05, 0) is 0 Å². The monoisotopic (exact) mass is 225 g/mol. The molecule has 1 aromatic rings. The SMILES string of the molecule is C=CCN(CC(=O)O)C(=O)c1nc(N)n[nH]1. The zero-order chi connectivity index (χ0) is 12.1. The zero-order valence-electron chi connectivity index (χ0n) is 8.38. The second kappa shape index (κ2) is 4.91. The van der Waals surface area contributed by atoms with Crippen LogP contribution < -0.4 is 5.73 Å². The van der Waals surface area contributed by atoms with Crippen molar-refractivity contribution in [2.24, 2.45) is 0 Å². The van der Waals surface area contributed by atoms with Crippen molar-refractivity contribution in [2.45, 2.75) is 0 Å². The molecule has 0 saturated heterocycles. The molecule has 0 spiro atoms. The zero-order valence-corrected chi connectivity index (χ0v) is 8.38. The number of carbonyl (C=O) groups excluding carboxylic acids is 1. The Kier molecular flexibility index (Phi) is 3.59. The molecule has 0 unspecified atom stereocenters. The van der Waals surface area contributed by atoms with Gasteiger partial charge in [0.15, 0.2) is 0 Å². The van der Waals surface area contributed by atoms with E-state index < -0.39 is 18.4 Å². The first-order chi connectivity index (χ1) is 7.54. The predicted octanol–water partition coefficient (Wildman–Crippen LogP) is -0.900. The van der Waals surface area contributed by atoms with Gasteiger partial charge in [0.25, 0.3) is 5.91 Å². The Balaban J connectivity index is 2.81. The molecule has 0 radical (unpaired) electrons. The minimum atomic E-state index is -1.12. The van der Waals surface area contributed by atoms with Gasteiger partial charge in [-0.2, -0.15) is 4.98 Å². The Morgan fingerprint density at radius 3 is 2.75 bits per heavy atom. The van der Waals surface area contributed by atoms with E-state index in [0.29, 0.717) is 0 Å². The number of carboxylic acid groups (broad SMARTS) is 1. The van der Waals surface area contributed by atoms with Crippen LogP contribution in [0.3, 0.4) is 0 Å². The Hall–Kier alpha value is -2.38. The lowest BCUT2D eigenvalue weighted by Gasteiger charge is -2.16. The highest BCUT2D eigenvalue weighted by atomic mass is 16.4. The number of carbonyl (C=O) groups is 2. The highest BCUT2D eigenvalue weighted by Crippen LogP contribution is 2.00. The summed E-state index contributed by atoms with van der Waals surface area (Å²) in [6.45, 7) is 3.10. The van der Waals surface area contributed by atoms with E-state index in [-0.39, 0.29) is 18.3 Å². The summed E-state index contributed by atoms with van der Waals surface area (Å²) in [5, 5.41) is 14.4. The molecule has 0 atom stereocenters. The molecule has 0 aliphatic heterocycles. The van der Waals surface area contributed by atoms with Crippen LogP contribution in [0.1, 0.15) is 10.6 Å². The van der Waals surface area contributed by atoms with Crippen molar-refractivity contribution in [3.8, 4) is 0 Å². The van der Waals surface area contributed by atoms with Crippen molar-refractivity contribution in [1.29, 1.82) is 0 Å². The van der Waals surface area contributed by atoms with Gasteiger partial charge in [0.1, 0.15) is 6.54 Å². The van der Waals surface area contributed by atoms with Gasteiger partial charge in [-0.15, -0.1) is 11.7 Å². The topological polar surface area (TPSA) is 125 Å². The fourth-order valence-corrected chi connectivity index (χ4v) is 1.06. The lowest BCUT2D eigenvalue weighted by atomic mass is 10.4. The van der Waals surface area contributed by atoms with Crippen LogP contribution in [0.15, 0.2) is 12.7 Å². The van der Waals surface area contributed by atoms with Crippen LogP contribution in [0.2, 0.25) is 0 Å². The molecule has 1 rings (SSSR count). The van der Waals surface area contributed by atoms with E-state index in [2.05, 4.69) is 21.8 Å². The Morgan fingerprint density at radius 1 is 1.62 bits per heavy atom. The summed E-state index contributed by atoms with van der Waals surface area (Å²) in [6, 6.07) is 0. The van der Waals surface area contributed by atoms with E-state index in [1.54, 1.807) is 0 Å². The number of hydrogen-bond donors (Lipinski definition) is 3. The molecule has 16 heavy (non-hydrogen) atoms. The first-order valence-electron chi connectivity index (χ1n) is 4.34. The first kappa shape index (κ1) is 11.7. The average Bonchev–Trinajstić information content (AvgIpc) is 2.62. The van der Waals surface area contributed by atoms with Gasteiger partial charge in [0.2, 0.25) is 11.8 Å². The number of aromatic nitrogens is 3. The van der Waals surface area contributed by atoms with Crippen LogP contribution in [0, 0.1) is 0 Å². The van der Waals surface area contributed by atoms with E-state index in [1.165, 1.54) is 6.08 Å². The van der Waals surface area contributed by atoms with Gasteiger partial charge in [-0.3, -0.25) is 14.7 Å². The van der Waals surface area contributed by atoms with Gasteiger partial charge in [-0.25, -0.2) is 0 Å². The Labute approximate surface area is 90.8 Å². The van der Waals surface area contributed by atoms with Crippen molar-refractivity contribution < 1.29 is 14.7 Å². The Bertz CT molecular complexity index is 414. The number of H-pyrrole nitrogens is 1. The molecule has 8 heteroatoms. The number of nitrogens with one attached hydrogen (secondary N) is 1. The third-order valence-corrected chi connectivity index (χ3v) is 1.67. The third kappa shape index (κ3) is 2.80. The molecule has 1 heterocycles. The maximum absolute atomic E-state index is 11.7. The maximum Gasteiger partial charge on any atom is 0.323 e. The summed E-state index contributed by atoms with van der Waals surface area (Å²) >= 11 is 0. The number of anilines is 1. The van der Waals surface area contributed by atoms with Crippen LogP contribution in [0.5, 0.6) is 0 Å². The van der Waals surface area contributed by atoms with E-state index in [4.69, 9.17) is 10.8 Å². The number of rotatable bonds is 5. The molecular formula is C8H11N5O3. The molecule has 0 aliphatic rings. The van der Waals surface area contributed by atoms with Crippen molar-refractivity contribution in [3.05, 3.63) is 18.5 Å². The summed E-state index contributed by atoms with van der Waals surface area (Å²) < 4.78 is 0. The van der Waals surface area contributed by atoms with Gasteiger partial charge in [0, 0.05) is 6.54 Å². The van der Waals surface area contributed by atoms with Gasteiger partial charge in [0.05, 0.1) is 0 Å². The van der Waals surface area contributed by atoms with Crippen LogP contribution >= 0.6 is 0 Å². The molecule has 0 saturated carbocycles. The number of hydrogen-bond acceptors (Lipinski definition) is 5. The number of aliphatic carboxylic acids is 1. The molecule has 0 aromatic carbocycles. The van der Waals surface area contributed by atoms with Crippen molar-refractivity contribution in [1.82, 2.24) is 20.1 Å². The lowest BCUT2D eigenvalue weighted by molar-refractivity contribution is -0.137. The number of nitrogens with two attached hydrogens (primary N) is 1. The van der Waals surface area contributed by atoms with E-state index in [0.717, 1.165) is 4.90 Å². The standard InChI is InChI=1S/C8H11N5O3/c1-2-3-13(4-5(14)15)7(16)6-10-8(9)12-11-6/h2H,1,3-4H2,(H,14,15)(H3,9,10,11,12). The van der Waals surface area contributed by atoms with Crippen LogP contribution in [0.25, 0.3) is 0 Å². The van der Waals surface area contributed by atoms with E-state index in [9.17, 15) is 9.59 Å². The van der Waals surface area contributed by atoms with E-state index in [1.807, 2.05) is 0 Å². The number of nitrogens with zero attached hydrogens (tertiary/aromatic N) is 3. The molecule has 1 amide bonds. The molecule has 8 nitrogen and oxygen atoms in total.